The van der Waals surface area contributed by atoms with Crippen LogP contribution >= 0.6 is 0 Å². The Morgan fingerprint density at radius 2 is 1.73 bits per heavy atom. The lowest BCUT2D eigenvalue weighted by Gasteiger charge is -2.12. The third kappa shape index (κ3) is 5.47. The maximum Gasteiger partial charge on any atom is 0.360 e. The monoisotopic (exact) mass is 362 g/mol. The van der Waals surface area contributed by atoms with Crippen LogP contribution in [0, 0.1) is 0 Å². The largest absolute Gasteiger partial charge is 0.490 e. The van der Waals surface area contributed by atoms with Crippen LogP contribution in [0.15, 0.2) is 22.9 Å². The Morgan fingerprint density at radius 1 is 1.04 bits per heavy atom. The molecule has 7 nitrogen and oxygen atoms in total. The van der Waals surface area contributed by atoms with E-state index in [0.29, 0.717) is 36.2 Å². The SMILES string of the molecule is CCCCOc1cnc(-c2cc(C(=O)OCC)no2)cc1OCCCC. The first-order valence-corrected chi connectivity index (χ1v) is 9.09. The molecule has 2 rings (SSSR count). The molecular weight excluding hydrogens is 336 g/mol. The summed E-state index contributed by atoms with van der Waals surface area (Å²) in [6, 6.07) is 3.25. The minimum absolute atomic E-state index is 0.111. The van der Waals surface area contributed by atoms with Gasteiger partial charge in [-0.1, -0.05) is 31.8 Å². The number of rotatable bonds is 11. The van der Waals surface area contributed by atoms with E-state index < -0.39 is 5.97 Å². The third-order valence-corrected chi connectivity index (χ3v) is 3.59. The summed E-state index contributed by atoms with van der Waals surface area (Å²) in [4.78, 5) is 16.1. The highest BCUT2D eigenvalue weighted by atomic mass is 16.5. The van der Waals surface area contributed by atoms with Crippen molar-refractivity contribution in [2.45, 2.75) is 46.5 Å². The van der Waals surface area contributed by atoms with Gasteiger partial charge < -0.3 is 18.7 Å². The number of hydrogen-bond acceptors (Lipinski definition) is 7. The zero-order valence-electron chi connectivity index (χ0n) is 15.6. The van der Waals surface area contributed by atoms with Crippen molar-refractivity contribution in [2.75, 3.05) is 19.8 Å². The normalized spacial score (nSPS) is 10.6. The summed E-state index contributed by atoms with van der Waals surface area (Å²) in [6.07, 6.45) is 5.60. The number of hydrogen-bond donors (Lipinski definition) is 0. The molecule has 0 fully saturated rings. The molecule has 142 valence electrons. The van der Waals surface area contributed by atoms with E-state index in [1.807, 2.05) is 0 Å². The topological polar surface area (TPSA) is 83.7 Å². The van der Waals surface area contributed by atoms with Crippen LogP contribution in [0.4, 0.5) is 0 Å². The number of pyridine rings is 1. The molecule has 0 bridgehead atoms. The van der Waals surface area contributed by atoms with Crippen LogP contribution in [0.25, 0.3) is 11.5 Å². The van der Waals surface area contributed by atoms with Crippen LogP contribution < -0.4 is 9.47 Å². The Bertz CT molecular complexity index is 699. The van der Waals surface area contributed by atoms with Gasteiger partial charge in [-0.2, -0.15) is 0 Å². The second kappa shape index (κ2) is 10.4. The van der Waals surface area contributed by atoms with Crippen molar-refractivity contribution < 1.29 is 23.5 Å². The average molecular weight is 362 g/mol. The minimum atomic E-state index is -0.526. The second-order valence-electron chi connectivity index (χ2n) is 5.72. The molecule has 0 saturated carbocycles. The van der Waals surface area contributed by atoms with Crippen molar-refractivity contribution in [3.05, 3.63) is 24.0 Å². The number of ether oxygens (including phenoxy) is 3. The maximum absolute atomic E-state index is 11.7. The number of carbonyl (C=O) groups is 1. The van der Waals surface area contributed by atoms with Crippen molar-refractivity contribution >= 4 is 5.97 Å². The molecule has 0 aliphatic heterocycles. The Kier molecular flexibility index (Phi) is 7.92. The first-order valence-electron chi connectivity index (χ1n) is 9.09. The van der Waals surface area contributed by atoms with Gasteiger partial charge in [-0.15, -0.1) is 0 Å². The molecule has 0 unspecified atom stereocenters. The molecular formula is C19H26N2O5. The molecule has 26 heavy (non-hydrogen) atoms. The zero-order valence-corrected chi connectivity index (χ0v) is 15.6. The predicted molar refractivity (Wildman–Crippen MR) is 96.5 cm³/mol. The lowest BCUT2D eigenvalue weighted by Crippen LogP contribution is -2.04. The van der Waals surface area contributed by atoms with Gasteiger partial charge in [-0.25, -0.2) is 9.78 Å². The third-order valence-electron chi connectivity index (χ3n) is 3.59. The molecule has 2 aromatic rings. The van der Waals surface area contributed by atoms with Gasteiger partial charge in [0.25, 0.3) is 0 Å². The summed E-state index contributed by atoms with van der Waals surface area (Å²) < 4.78 is 21.8. The van der Waals surface area contributed by atoms with Crippen molar-refractivity contribution in [3.63, 3.8) is 0 Å². The molecule has 0 aliphatic carbocycles. The van der Waals surface area contributed by atoms with Crippen LogP contribution in [0.2, 0.25) is 0 Å². The molecule has 0 N–H and O–H groups in total. The lowest BCUT2D eigenvalue weighted by atomic mass is 10.2. The summed E-state index contributed by atoms with van der Waals surface area (Å²) >= 11 is 0. The number of carbonyl (C=O) groups excluding carboxylic acids is 1. The Labute approximate surface area is 153 Å². The van der Waals surface area contributed by atoms with Gasteiger partial charge in [-0.05, 0) is 19.8 Å². The van der Waals surface area contributed by atoms with Crippen molar-refractivity contribution in [3.8, 4) is 23.0 Å². The van der Waals surface area contributed by atoms with Gasteiger partial charge in [0.15, 0.2) is 23.0 Å². The zero-order chi connectivity index (χ0) is 18.8. The molecule has 0 atom stereocenters. The molecule has 0 spiro atoms. The number of unbranched alkanes of at least 4 members (excludes halogenated alkanes) is 2. The summed E-state index contributed by atoms with van der Waals surface area (Å²) in [5.74, 6) is 1.05. The first-order chi connectivity index (χ1) is 12.7. The summed E-state index contributed by atoms with van der Waals surface area (Å²) in [6.45, 7) is 7.42. The second-order valence-corrected chi connectivity index (χ2v) is 5.72. The predicted octanol–water partition coefficient (Wildman–Crippen LogP) is 4.27. The molecule has 7 heteroatoms. The standard InChI is InChI=1S/C19H26N2O5/c1-4-7-9-24-17-11-14(20-13-18(17)25-10-8-5-2)16-12-15(21-26-16)19(22)23-6-3/h11-13H,4-10H2,1-3H3. The molecule has 0 aliphatic rings. The summed E-state index contributed by atoms with van der Waals surface area (Å²) in [5.41, 5.74) is 0.628. The van der Waals surface area contributed by atoms with Gasteiger partial charge in [-0.3, -0.25) is 0 Å². The van der Waals surface area contributed by atoms with E-state index in [0.717, 1.165) is 25.7 Å². The van der Waals surface area contributed by atoms with Crippen LogP contribution in [0.5, 0.6) is 11.5 Å². The van der Waals surface area contributed by atoms with Gasteiger partial charge in [0.05, 0.1) is 26.0 Å². The Balaban J connectivity index is 2.20. The smallest absolute Gasteiger partial charge is 0.360 e. The Morgan fingerprint density at radius 3 is 2.38 bits per heavy atom. The van der Waals surface area contributed by atoms with Gasteiger partial charge in [0, 0.05) is 12.1 Å². The van der Waals surface area contributed by atoms with E-state index in [2.05, 4.69) is 24.0 Å². The first kappa shape index (κ1) is 19.8. The van der Waals surface area contributed by atoms with E-state index in [9.17, 15) is 4.79 Å². The fourth-order valence-corrected chi connectivity index (χ4v) is 2.13. The maximum atomic E-state index is 11.7. The van der Waals surface area contributed by atoms with Gasteiger partial charge >= 0.3 is 5.97 Å². The molecule has 2 heterocycles. The van der Waals surface area contributed by atoms with E-state index in [4.69, 9.17) is 18.7 Å². The van der Waals surface area contributed by atoms with Crippen molar-refractivity contribution in [1.29, 1.82) is 0 Å². The van der Waals surface area contributed by atoms with E-state index in [-0.39, 0.29) is 12.3 Å². The number of aromatic nitrogens is 2. The van der Waals surface area contributed by atoms with E-state index >= 15 is 0 Å². The molecule has 0 aromatic carbocycles. The molecule has 0 radical (unpaired) electrons. The van der Waals surface area contributed by atoms with Crippen LogP contribution in [-0.2, 0) is 4.74 Å². The van der Waals surface area contributed by atoms with Crippen LogP contribution in [0.3, 0.4) is 0 Å². The van der Waals surface area contributed by atoms with Gasteiger partial charge in [0.2, 0.25) is 0 Å². The minimum Gasteiger partial charge on any atom is -0.490 e. The molecule has 0 saturated heterocycles. The van der Waals surface area contributed by atoms with E-state index in [1.54, 1.807) is 19.2 Å². The Hall–Kier alpha value is -2.57. The number of esters is 1. The fraction of sp³-hybridized carbons (Fsp3) is 0.526. The highest BCUT2D eigenvalue weighted by Crippen LogP contribution is 2.31. The van der Waals surface area contributed by atoms with E-state index in [1.165, 1.54) is 6.07 Å². The van der Waals surface area contributed by atoms with Crippen LogP contribution in [0.1, 0.15) is 56.9 Å². The van der Waals surface area contributed by atoms with Gasteiger partial charge in [0.1, 0.15) is 5.69 Å². The average Bonchev–Trinajstić information content (AvgIpc) is 3.13. The highest BCUT2D eigenvalue weighted by molar-refractivity contribution is 5.88. The van der Waals surface area contributed by atoms with Crippen molar-refractivity contribution in [1.82, 2.24) is 10.1 Å². The van der Waals surface area contributed by atoms with Crippen LogP contribution in [-0.4, -0.2) is 35.9 Å². The quantitative estimate of drug-likeness (QED) is 0.436. The number of nitrogens with zero attached hydrogens (tertiary/aromatic N) is 2. The molecule has 0 amide bonds. The lowest BCUT2D eigenvalue weighted by molar-refractivity contribution is 0.0514. The molecule has 2 aromatic heterocycles. The highest BCUT2D eigenvalue weighted by Gasteiger charge is 2.17. The fourth-order valence-electron chi connectivity index (χ4n) is 2.13. The summed E-state index contributed by atoms with van der Waals surface area (Å²) in [5, 5.41) is 3.74. The summed E-state index contributed by atoms with van der Waals surface area (Å²) in [7, 11) is 0. The van der Waals surface area contributed by atoms with Crippen molar-refractivity contribution in [2.24, 2.45) is 0 Å².